The summed E-state index contributed by atoms with van der Waals surface area (Å²) in [6.07, 6.45) is -8.36. The highest BCUT2D eigenvalue weighted by atomic mass is 19.1. The van der Waals surface area contributed by atoms with Gasteiger partial charge in [-0.1, -0.05) is 42.0 Å². The molecule has 18 heteroatoms. The van der Waals surface area contributed by atoms with Gasteiger partial charge in [-0.3, -0.25) is 9.59 Å². The van der Waals surface area contributed by atoms with Gasteiger partial charge in [-0.2, -0.15) is 0 Å². The number of alkyl halides is 1. The van der Waals surface area contributed by atoms with Crippen molar-refractivity contribution < 1.29 is 42.4 Å². The first kappa shape index (κ1) is 34.8. The molecule has 1 heterocycles. The highest BCUT2D eigenvalue weighted by Crippen LogP contribution is 2.36. The first-order chi connectivity index (χ1) is 20.2. The minimum absolute atomic E-state index is 0.153. The fourth-order valence-corrected chi connectivity index (χ4v) is 4.82. The minimum Gasteiger partial charge on any atom is -0.458 e. The van der Waals surface area contributed by atoms with Crippen molar-refractivity contribution in [2.75, 3.05) is 19.8 Å². The summed E-state index contributed by atoms with van der Waals surface area (Å²) in [7, 11) is 0. The van der Waals surface area contributed by atoms with Gasteiger partial charge in [0.2, 0.25) is 0 Å². The quantitative estimate of drug-likeness (QED) is 0.0787. The van der Waals surface area contributed by atoms with Crippen molar-refractivity contribution in [3.05, 3.63) is 31.3 Å². The van der Waals surface area contributed by atoms with Crippen molar-refractivity contribution in [3.63, 3.8) is 0 Å². The number of carbonyl (C=O) groups excluding carboxylic acids is 2. The van der Waals surface area contributed by atoms with E-state index in [1.54, 1.807) is 0 Å². The molecule has 1 aliphatic carbocycles. The molecule has 10 atom stereocenters. The van der Waals surface area contributed by atoms with Crippen LogP contribution in [0.1, 0.15) is 59.8 Å². The van der Waals surface area contributed by atoms with Crippen LogP contribution in [0.5, 0.6) is 0 Å². The third-order valence-corrected chi connectivity index (χ3v) is 6.70. The molecule has 234 valence electrons. The van der Waals surface area contributed by atoms with Crippen LogP contribution >= 0.6 is 0 Å². The largest absolute Gasteiger partial charge is 0.458 e. The first-order valence-corrected chi connectivity index (χ1v) is 13.8. The van der Waals surface area contributed by atoms with E-state index in [9.17, 15) is 15.1 Å². The maximum atomic E-state index is 16.2. The molecule has 2 rings (SSSR count). The molecular formula is C24H38FN9O8. The lowest BCUT2D eigenvalue weighted by atomic mass is 9.84. The number of hydrogen-bond acceptors (Lipinski definition) is 11. The number of unbranched alkanes of at least 4 members (excludes halogenated alkanes) is 2. The summed E-state index contributed by atoms with van der Waals surface area (Å²) < 4.78 is 51.0. The maximum Gasteiger partial charge on any atom is 0.303 e. The Balaban J connectivity index is 2.54. The summed E-state index contributed by atoms with van der Waals surface area (Å²) in [6.45, 7) is 6.18. The third-order valence-electron chi connectivity index (χ3n) is 6.70. The smallest absolute Gasteiger partial charge is 0.303 e. The predicted molar refractivity (Wildman–Crippen MR) is 143 cm³/mol. The molecule has 0 radical (unpaired) electrons. The van der Waals surface area contributed by atoms with Crippen molar-refractivity contribution in [2.45, 2.75) is 121 Å². The zero-order valence-corrected chi connectivity index (χ0v) is 24.1. The van der Waals surface area contributed by atoms with Crippen LogP contribution in [0.4, 0.5) is 4.39 Å². The average molecular weight is 600 g/mol. The number of azide groups is 3. The summed E-state index contributed by atoms with van der Waals surface area (Å²) in [5, 5.41) is 10.9. The van der Waals surface area contributed by atoms with Gasteiger partial charge in [-0.25, -0.2) is 4.39 Å². The summed E-state index contributed by atoms with van der Waals surface area (Å²) >= 11 is 0. The molecule has 0 amide bonds. The number of carbonyl (C=O) groups is 2. The lowest BCUT2D eigenvalue weighted by molar-refractivity contribution is -0.322. The summed E-state index contributed by atoms with van der Waals surface area (Å²) in [5.74, 6) is -1.57. The molecule has 42 heavy (non-hydrogen) atoms. The summed E-state index contributed by atoms with van der Waals surface area (Å²) in [4.78, 5) is 32.5. The van der Waals surface area contributed by atoms with Crippen LogP contribution in [-0.2, 0) is 38.0 Å². The molecule has 0 aromatic carbocycles. The Morgan fingerprint density at radius 2 is 1.38 bits per heavy atom. The standard InChI is InChI=1S/C24H38FN9O8/c1-5-7-9-37-21-17(12-29-32-26)41-24(22(18(21)25)38-10-8-6-2)42-20-16(31-34-28)11-15(30-33-27)19(39-13(3)35)23(20)40-14(4)36/h15-24H,5-12H2,1-4H3/t15-,16+,17-,18+,19+,20-,21-,22-,23-,24-/m1/s1. The third kappa shape index (κ3) is 9.88. The van der Waals surface area contributed by atoms with Crippen LogP contribution in [0.25, 0.3) is 31.3 Å². The molecular weight excluding hydrogens is 561 g/mol. The second-order valence-corrected chi connectivity index (χ2v) is 9.81. The highest BCUT2D eigenvalue weighted by Gasteiger charge is 2.54. The van der Waals surface area contributed by atoms with Gasteiger partial charge in [-0.05, 0) is 35.9 Å². The highest BCUT2D eigenvalue weighted by molar-refractivity contribution is 5.67. The Bertz CT molecular complexity index is 1040. The molecule has 1 aliphatic heterocycles. The Morgan fingerprint density at radius 1 is 0.833 bits per heavy atom. The number of hydrogen-bond donors (Lipinski definition) is 0. The Labute approximate surface area is 242 Å². The summed E-state index contributed by atoms with van der Waals surface area (Å²) in [5.41, 5.74) is 27.3. The maximum absolute atomic E-state index is 16.2. The fourth-order valence-electron chi connectivity index (χ4n) is 4.82. The molecule has 2 aliphatic rings. The van der Waals surface area contributed by atoms with E-state index in [1.165, 1.54) is 0 Å². The van der Waals surface area contributed by atoms with Gasteiger partial charge >= 0.3 is 11.9 Å². The van der Waals surface area contributed by atoms with Gasteiger partial charge in [0.15, 0.2) is 18.6 Å². The molecule has 0 spiro atoms. The van der Waals surface area contributed by atoms with E-state index in [0.29, 0.717) is 12.8 Å². The summed E-state index contributed by atoms with van der Waals surface area (Å²) in [6, 6.07) is -2.22. The predicted octanol–water partition coefficient (Wildman–Crippen LogP) is 4.74. The van der Waals surface area contributed by atoms with Crippen molar-refractivity contribution in [1.29, 1.82) is 0 Å². The fraction of sp³-hybridized carbons (Fsp3) is 0.917. The van der Waals surface area contributed by atoms with Crippen LogP contribution in [0, 0.1) is 0 Å². The van der Waals surface area contributed by atoms with Crippen molar-refractivity contribution in [3.8, 4) is 0 Å². The molecule has 0 N–H and O–H groups in total. The van der Waals surface area contributed by atoms with E-state index < -0.39 is 73.1 Å². The molecule has 1 saturated heterocycles. The van der Waals surface area contributed by atoms with Crippen LogP contribution in [0.3, 0.4) is 0 Å². The van der Waals surface area contributed by atoms with E-state index in [4.69, 9.17) is 39.5 Å². The second-order valence-electron chi connectivity index (χ2n) is 9.81. The second kappa shape index (κ2) is 18.2. The van der Waals surface area contributed by atoms with E-state index in [2.05, 4.69) is 30.1 Å². The lowest BCUT2D eigenvalue weighted by Crippen LogP contribution is -2.64. The Kier molecular flexibility index (Phi) is 15.1. The zero-order chi connectivity index (χ0) is 31.1. The van der Waals surface area contributed by atoms with E-state index >= 15 is 4.39 Å². The Morgan fingerprint density at radius 3 is 1.90 bits per heavy atom. The molecule has 17 nitrogen and oxygen atoms in total. The van der Waals surface area contributed by atoms with Crippen LogP contribution in [0.2, 0.25) is 0 Å². The van der Waals surface area contributed by atoms with E-state index in [1.807, 2.05) is 13.8 Å². The van der Waals surface area contributed by atoms with Crippen molar-refractivity contribution in [2.24, 2.45) is 15.3 Å². The number of rotatable bonds is 16. The van der Waals surface area contributed by atoms with Gasteiger partial charge < -0.3 is 28.4 Å². The SMILES string of the molecule is CCCCO[C@H]1[C@@H](O[C@H]2[C@H](OC(C)=O)[C@@H](OC(C)=O)[C@H](N=[N+]=[N-])C[C@@H]2N=[N+]=[N-])O[C@H](CN=[N+]=[N-])[C@@H](OCCCC)[C@@H]1F. The molecule has 2 fully saturated rings. The van der Waals surface area contributed by atoms with Crippen LogP contribution in [0.15, 0.2) is 15.3 Å². The normalized spacial score (nSPS) is 32.4. The molecule has 0 aromatic rings. The topological polar surface area (TPSA) is 236 Å². The van der Waals surface area contributed by atoms with Crippen molar-refractivity contribution in [1.82, 2.24) is 0 Å². The molecule has 0 bridgehead atoms. The average Bonchev–Trinajstić information content (AvgIpc) is 2.94. The lowest BCUT2D eigenvalue weighted by Gasteiger charge is -2.47. The number of halogens is 1. The van der Waals surface area contributed by atoms with Gasteiger partial charge in [0.25, 0.3) is 0 Å². The Hall–Kier alpha value is -3.36. The zero-order valence-electron chi connectivity index (χ0n) is 24.1. The van der Waals surface area contributed by atoms with Gasteiger partial charge in [-0.15, -0.1) is 0 Å². The van der Waals surface area contributed by atoms with E-state index in [0.717, 1.165) is 26.7 Å². The van der Waals surface area contributed by atoms with Crippen molar-refractivity contribution >= 4 is 11.9 Å². The monoisotopic (exact) mass is 599 g/mol. The first-order valence-electron chi connectivity index (χ1n) is 13.8. The number of ether oxygens (including phenoxy) is 6. The van der Waals surface area contributed by atoms with Gasteiger partial charge in [0, 0.05) is 41.8 Å². The van der Waals surface area contributed by atoms with Crippen LogP contribution in [-0.4, -0.2) is 92.9 Å². The number of nitrogens with zero attached hydrogens (tertiary/aromatic N) is 9. The van der Waals surface area contributed by atoms with Crippen LogP contribution < -0.4 is 0 Å². The molecule has 0 unspecified atom stereocenters. The number of esters is 2. The minimum atomic E-state index is -1.80. The van der Waals surface area contributed by atoms with E-state index in [-0.39, 0.29) is 26.2 Å². The van der Waals surface area contributed by atoms with Gasteiger partial charge in [0.1, 0.15) is 24.4 Å². The van der Waals surface area contributed by atoms with Gasteiger partial charge in [0.05, 0.1) is 24.7 Å². The molecule has 1 saturated carbocycles. The molecule has 0 aromatic heterocycles.